The molecule has 1 amide bonds. The quantitative estimate of drug-likeness (QED) is 0.800. The Bertz CT molecular complexity index is 379. The third kappa shape index (κ3) is 2.33. The molecule has 0 spiro atoms. The highest BCUT2D eigenvalue weighted by molar-refractivity contribution is 5.76. The van der Waals surface area contributed by atoms with Gasteiger partial charge in [0.05, 0.1) is 6.54 Å². The Labute approximate surface area is 95.0 Å². The van der Waals surface area contributed by atoms with Crippen LogP contribution in [0.25, 0.3) is 0 Å². The van der Waals surface area contributed by atoms with E-state index in [4.69, 9.17) is 10.5 Å². The van der Waals surface area contributed by atoms with Crippen LogP contribution >= 0.6 is 0 Å². The van der Waals surface area contributed by atoms with E-state index in [2.05, 4.69) is 0 Å². The van der Waals surface area contributed by atoms with Crippen LogP contribution < -0.4 is 10.5 Å². The number of hydrogen-bond donors (Lipinski definition) is 1. The van der Waals surface area contributed by atoms with E-state index in [-0.39, 0.29) is 5.91 Å². The van der Waals surface area contributed by atoms with Crippen molar-refractivity contribution in [3.05, 3.63) is 29.8 Å². The number of carbonyl (C=O) groups excluding carboxylic acids is 1. The minimum absolute atomic E-state index is 0.0998. The number of hydrogen-bond acceptors (Lipinski definition) is 3. The third-order valence-corrected chi connectivity index (χ3v) is 2.66. The second kappa shape index (κ2) is 4.99. The van der Waals surface area contributed by atoms with Crippen molar-refractivity contribution >= 4 is 5.91 Å². The van der Waals surface area contributed by atoms with Crippen LogP contribution in [-0.2, 0) is 11.3 Å². The van der Waals surface area contributed by atoms with Crippen LogP contribution in [0.5, 0.6) is 5.75 Å². The molecule has 86 valence electrons. The monoisotopic (exact) mass is 220 g/mol. The molecular weight excluding hydrogens is 204 g/mol. The predicted octanol–water partition coefficient (Wildman–Crippen LogP) is 0.756. The molecule has 1 aliphatic heterocycles. The van der Waals surface area contributed by atoms with Crippen molar-refractivity contribution in [1.82, 2.24) is 4.90 Å². The van der Waals surface area contributed by atoms with Crippen molar-refractivity contribution in [1.29, 1.82) is 0 Å². The van der Waals surface area contributed by atoms with Gasteiger partial charge in [-0.2, -0.15) is 0 Å². The summed E-state index contributed by atoms with van der Waals surface area (Å²) in [5.74, 6) is 0.980. The number of carbonyl (C=O) groups is 1. The van der Waals surface area contributed by atoms with E-state index in [0.717, 1.165) is 11.3 Å². The minimum atomic E-state index is 0.0998. The van der Waals surface area contributed by atoms with Crippen LogP contribution in [0.4, 0.5) is 0 Å². The van der Waals surface area contributed by atoms with E-state index < -0.39 is 0 Å². The largest absolute Gasteiger partial charge is 0.491 e. The highest BCUT2D eigenvalue weighted by Gasteiger charge is 2.18. The van der Waals surface area contributed by atoms with Gasteiger partial charge in [0.2, 0.25) is 5.91 Å². The molecule has 0 aromatic heterocycles. The molecule has 0 saturated carbocycles. The Morgan fingerprint density at radius 1 is 1.44 bits per heavy atom. The summed E-state index contributed by atoms with van der Waals surface area (Å²) in [5, 5.41) is 0. The first-order valence-electron chi connectivity index (χ1n) is 5.50. The molecule has 0 unspecified atom stereocenters. The van der Waals surface area contributed by atoms with Gasteiger partial charge >= 0.3 is 0 Å². The Kier molecular flexibility index (Phi) is 3.41. The molecule has 0 fully saturated rings. The van der Waals surface area contributed by atoms with Crippen LogP contribution in [0.1, 0.15) is 12.0 Å². The van der Waals surface area contributed by atoms with Gasteiger partial charge in [-0.25, -0.2) is 0 Å². The number of nitrogens with zero attached hydrogens (tertiary/aromatic N) is 1. The lowest BCUT2D eigenvalue weighted by Gasteiger charge is -2.19. The smallest absolute Gasteiger partial charge is 0.224 e. The SMILES string of the molecule is NCCC(=O)N1CCOc2ccccc2C1. The van der Waals surface area contributed by atoms with Crippen LogP contribution in [-0.4, -0.2) is 30.5 Å². The Hall–Kier alpha value is -1.55. The number of rotatable bonds is 2. The molecular formula is C12H16N2O2. The van der Waals surface area contributed by atoms with E-state index in [1.165, 1.54) is 0 Å². The van der Waals surface area contributed by atoms with E-state index >= 15 is 0 Å². The van der Waals surface area contributed by atoms with Gasteiger partial charge in [-0.05, 0) is 6.07 Å². The van der Waals surface area contributed by atoms with Gasteiger partial charge in [-0.1, -0.05) is 18.2 Å². The maximum Gasteiger partial charge on any atom is 0.224 e. The molecule has 0 saturated heterocycles. The highest BCUT2D eigenvalue weighted by atomic mass is 16.5. The van der Waals surface area contributed by atoms with E-state index in [1.54, 1.807) is 4.90 Å². The van der Waals surface area contributed by atoms with Crippen LogP contribution in [0.3, 0.4) is 0 Å². The maximum absolute atomic E-state index is 11.8. The topological polar surface area (TPSA) is 55.6 Å². The molecule has 1 aromatic rings. The summed E-state index contributed by atoms with van der Waals surface area (Å²) in [6, 6.07) is 7.82. The van der Waals surface area contributed by atoms with Gasteiger partial charge in [0.15, 0.2) is 0 Å². The first kappa shape index (κ1) is 11.0. The fourth-order valence-corrected chi connectivity index (χ4v) is 1.82. The second-order valence-electron chi connectivity index (χ2n) is 3.81. The van der Waals surface area contributed by atoms with Gasteiger partial charge in [0.1, 0.15) is 12.4 Å². The molecule has 0 bridgehead atoms. The lowest BCUT2D eigenvalue weighted by Crippen LogP contribution is -2.33. The Morgan fingerprint density at radius 2 is 2.25 bits per heavy atom. The standard InChI is InChI=1S/C12H16N2O2/c13-6-5-12(15)14-7-8-16-11-4-2-1-3-10(11)9-14/h1-4H,5-9,13H2. The minimum Gasteiger partial charge on any atom is -0.491 e. The van der Waals surface area contributed by atoms with Crippen molar-refractivity contribution in [2.24, 2.45) is 5.73 Å². The Morgan fingerprint density at radius 3 is 3.06 bits per heavy atom. The first-order chi connectivity index (χ1) is 7.81. The lowest BCUT2D eigenvalue weighted by atomic mass is 10.2. The summed E-state index contributed by atoms with van der Waals surface area (Å²) >= 11 is 0. The fourth-order valence-electron chi connectivity index (χ4n) is 1.82. The maximum atomic E-state index is 11.8. The number of nitrogens with two attached hydrogens (primary N) is 1. The number of fused-ring (bicyclic) bond motifs is 1. The molecule has 0 aliphatic carbocycles. The number of para-hydroxylation sites is 1. The predicted molar refractivity (Wildman–Crippen MR) is 61.0 cm³/mol. The lowest BCUT2D eigenvalue weighted by molar-refractivity contribution is -0.131. The van der Waals surface area contributed by atoms with Crippen molar-refractivity contribution in [2.75, 3.05) is 19.7 Å². The van der Waals surface area contributed by atoms with Crippen LogP contribution in [0.15, 0.2) is 24.3 Å². The summed E-state index contributed by atoms with van der Waals surface area (Å²) in [5.41, 5.74) is 6.45. The first-order valence-corrected chi connectivity index (χ1v) is 5.50. The molecule has 1 heterocycles. The van der Waals surface area contributed by atoms with Crippen molar-refractivity contribution in [2.45, 2.75) is 13.0 Å². The second-order valence-corrected chi connectivity index (χ2v) is 3.81. The van der Waals surface area contributed by atoms with Crippen molar-refractivity contribution in [3.63, 3.8) is 0 Å². The molecule has 4 nitrogen and oxygen atoms in total. The fraction of sp³-hybridized carbons (Fsp3) is 0.417. The van der Waals surface area contributed by atoms with E-state index in [9.17, 15) is 4.79 Å². The average molecular weight is 220 g/mol. The van der Waals surface area contributed by atoms with Gasteiger partial charge in [0, 0.05) is 25.1 Å². The summed E-state index contributed by atoms with van der Waals surface area (Å²) in [7, 11) is 0. The molecule has 16 heavy (non-hydrogen) atoms. The van der Waals surface area contributed by atoms with E-state index in [1.807, 2.05) is 24.3 Å². The normalized spacial score (nSPS) is 14.9. The number of ether oxygens (including phenoxy) is 1. The Balaban J connectivity index is 2.13. The average Bonchev–Trinajstić information content (AvgIpc) is 2.51. The number of benzene rings is 1. The number of amides is 1. The zero-order valence-electron chi connectivity index (χ0n) is 9.19. The van der Waals surface area contributed by atoms with Crippen molar-refractivity contribution in [3.8, 4) is 5.75 Å². The van der Waals surface area contributed by atoms with Gasteiger partial charge in [0.25, 0.3) is 0 Å². The molecule has 0 radical (unpaired) electrons. The van der Waals surface area contributed by atoms with Gasteiger partial charge in [-0.15, -0.1) is 0 Å². The summed E-state index contributed by atoms with van der Waals surface area (Å²) in [6.45, 7) is 2.20. The van der Waals surface area contributed by atoms with Gasteiger partial charge in [-0.3, -0.25) is 4.79 Å². The van der Waals surface area contributed by atoms with Crippen LogP contribution in [0, 0.1) is 0 Å². The van der Waals surface area contributed by atoms with Crippen molar-refractivity contribution < 1.29 is 9.53 Å². The molecule has 1 aliphatic rings. The molecule has 2 rings (SSSR count). The molecule has 0 atom stereocenters. The molecule has 1 aromatic carbocycles. The zero-order valence-corrected chi connectivity index (χ0v) is 9.19. The van der Waals surface area contributed by atoms with Crippen LogP contribution in [0.2, 0.25) is 0 Å². The van der Waals surface area contributed by atoms with E-state index in [0.29, 0.717) is 32.7 Å². The summed E-state index contributed by atoms with van der Waals surface area (Å²) in [6.07, 6.45) is 0.405. The summed E-state index contributed by atoms with van der Waals surface area (Å²) < 4.78 is 5.58. The molecule has 4 heteroatoms. The zero-order chi connectivity index (χ0) is 11.4. The third-order valence-electron chi connectivity index (χ3n) is 2.66. The van der Waals surface area contributed by atoms with Gasteiger partial charge < -0.3 is 15.4 Å². The summed E-state index contributed by atoms with van der Waals surface area (Å²) in [4.78, 5) is 13.6. The molecule has 2 N–H and O–H groups in total. The highest BCUT2D eigenvalue weighted by Crippen LogP contribution is 2.22.